The summed E-state index contributed by atoms with van der Waals surface area (Å²) >= 11 is 1.38. The van der Waals surface area contributed by atoms with Gasteiger partial charge in [-0.1, -0.05) is 29.8 Å². The van der Waals surface area contributed by atoms with Crippen LogP contribution in [0.4, 0.5) is 8.78 Å². The zero-order chi connectivity index (χ0) is 21.6. The highest BCUT2D eigenvalue weighted by molar-refractivity contribution is 7.94. The van der Waals surface area contributed by atoms with E-state index in [0.29, 0.717) is 19.6 Å². The minimum atomic E-state index is -2.61. The largest absolute Gasteiger partial charge is 0.481 e. The monoisotopic (exact) mass is 432 g/mol. The van der Waals surface area contributed by atoms with Crippen LogP contribution in [0.15, 0.2) is 24.3 Å². The summed E-state index contributed by atoms with van der Waals surface area (Å²) in [4.78, 5) is 11.6. The van der Waals surface area contributed by atoms with Gasteiger partial charge in [0, 0.05) is 38.2 Å². The number of halogens is 2. The van der Waals surface area contributed by atoms with Gasteiger partial charge in [-0.15, -0.1) is 0 Å². The van der Waals surface area contributed by atoms with Gasteiger partial charge in [0.2, 0.25) is 0 Å². The van der Waals surface area contributed by atoms with Crippen LogP contribution < -0.4 is 0 Å². The van der Waals surface area contributed by atoms with Crippen LogP contribution in [-0.2, 0) is 24.3 Å². The van der Waals surface area contributed by atoms with Crippen LogP contribution >= 0.6 is 12.1 Å². The third kappa shape index (κ3) is 4.11. The number of nitrogens with zero attached hydrogens (tertiary/aromatic N) is 2. The average Bonchev–Trinajstić information content (AvgIpc) is 3.24. The molecule has 1 saturated heterocycles. The number of carboxylic acid groups (broad SMARTS) is 1. The van der Waals surface area contributed by atoms with Crippen molar-refractivity contribution in [3.63, 3.8) is 0 Å². The molecule has 2 aromatic carbocycles. The molecule has 0 unspecified atom stereocenters. The molecule has 7 heteroatoms. The van der Waals surface area contributed by atoms with E-state index >= 15 is 0 Å². The third-order valence-corrected chi connectivity index (χ3v) is 7.13. The molecule has 0 saturated carbocycles. The Morgan fingerprint density at radius 3 is 2.27 bits per heavy atom. The molecule has 1 N–H and O–H groups in total. The molecule has 2 aromatic rings. The molecule has 0 spiro atoms. The van der Waals surface area contributed by atoms with Crippen molar-refractivity contribution >= 4 is 18.1 Å². The number of carbonyl (C=O) groups is 1. The van der Waals surface area contributed by atoms with Crippen molar-refractivity contribution in [3.05, 3.63) is 57.6 Å². The van der Waals surface area contributed by atoms with E-state index in [0.717, 1.165) is 38.9 Å². The number of hydrogen-bond acceptors (Lipinski definition) is 4. The second-order valence-electron chi connectivity index (χ2n) is 8.35. The Kier molecular flexibility index (Phi) is 5.64. The number of fused-ring (bicyclic) bond motifs is 1. The summed E-state index contributed by atoms with van der Waals surface area (Å²) in [5.41, 5.74) is 8.43. The first-order valence-corrected chi connectivity index (χ1v) is 10.9. The van der Waals surface area contributed by atoms with Crippen LogP contribution in [-0.4, -0.2) is 38.7 Å². The molecule has 0 radical (unpaired) electrons. The normalized spacial score (nSPS) is 18.7. The summed E-state index contributed by atoms with van der Waals surface area (Å²) in [6, 6.07) is 8.17. The van der Waals surface area contributed by atoms with Crippen molar-refractivity contribution in [2.75, 3.05) is 13.1 Å². The lowest BCUT2D eigenvalue weighted by Gasteiger charge is -2.21. The Hall–Kier alpha value is -1.96. The molecule has 2 heterocycles. The maximum Gasteiger partial charge on any atom is 0.307 e. The van der Waals surface area contributed by atoms with E-state index in [4.69, 9.17) is 0 Å². The van der Waals surface area contributed by atoms with E-state index in [9.17, 15) is 18.7 Å². The molecular formula is C23H26F2N2O2S. The maximum atomic E-state index is 13.6. The Balaban J connectivity index is 1.70. The lowest BCUT2D eigenvalue weighted by molar-refractivity contribution is -0.136. The van der Waals surface area contributed by atoms with E-state index in [-0.39, 0.29) is 19.4 Å². The van der Waals surface area contributed by atoms with Crippen LogP contribution in [0.2, 0.25) is 0 Å². The second-order valence-corrected chi connectivity index (χ2v) is 9.54. The smallest absolute Gasteiger partial charge is 0.307 e. The SMILES string of the molecule is Cc1ccc(-c2c(C)c3c(c(C)c2CC(=O)O)CN(SN2CCC(F)(F)C2)C3)cc1. The highest BCUT2D eigenvalue weighted by Crippen LogP contribution is 2.42. The number of benzene rings is 2. The standard InChI is InChI=1S/C23H26F2N2O2S/c1-14-4-6-17(7-5-14)22-16(3)20-12-27(30-26-9-8-23(24,25)13-26)11-19(20)15(2)18(22)10-21(28)29/h4-7H,8-13H2,1-3H3,(H,28,29). The highest BCUT2D eigenvalue weighted by Gasteiger charge is 2.40. The molecule has 0 aliphatic carbocycles. The lowest BCUT2D eigenvalue weighted by Crippen LogP contribution is -2.24. The van der Waals surface area contributed by atoms with Gasteiger partial charge in [0.25, 0.3) is 5.92 Å². The minimum absolute atomic E-state index is 0.0331. The summed E-state index contributed by atoms with van der Waals surface area (Å²) < 4.78 is 31.0. The molecular weight excluding hydrogens is 406 g/mol. The summed E-state index contributed by atoms with van der Waals surface area (Å²) in [6.07, 6.45) is -0.131. The van der Waals surface area contributed by atoms with Gasteiger partial charge in [0.15, 0.2) is 0 Å². The first-order valence-electron chi connectivity index (χ1n) is 10.1. The molecule has 0 amide bonds. The van der Waals surface area contributed by atoms with Crippen LogP contribution in [0.3, 0.4) is 0 Å². The summed E-state index contributed by atoms with van der Waals surface area (Å²) in [5, 5.41) is 9.54. The molecule has 30 heavy (non-hydrogen) atoms. The minimum Gasteiger partial charge on any atom is -0.481 e. The van der Waals surface area contributed by atoms with Crippen LogP contribution in [0.5, 0.6) is 0 Å². The van der Waals surface area contributed by atoms with E-state index in [1.54, 1.807) is 4.31 Å². The molecule has 2 aliphatic heterocycles. The zero-order valence-corrected chi connectivity index (χ0v) is 18.3. The summed E-state index contributed by atoms with van der Waals surface area (Å²) in [5.74, 6) is -3.46. The Labute approximate surface area is 180 Å². The van der Waals surface area contributed by atoms with E-state index in [2.05, 4.69) is 11.2 Å². The topological polar surface area (TPSA) is 43.8 Å². The number of alkyl halides is 2. The van der Waals surface area contributed by atoms with Crippen molar-refractivity contribution in [2.24, 2.45) is 0 Å². The van der Waals surface area contributed by atoms with Gasteiger partial charge in [-0.2, -0.15) is 0 Å². The number of rotatable bonds is 5. The van der Waals surface area contributed by atoms with Crippen LogP contribution in [0.25, 0.3) is 11.1 Å². The lowest BCUT2D eigenvalue weighted by atomic mass is 9.84. The fraction of sp³-hybridized carbons (Fsp3) is 0.435. The van der Waals surface area contributed by atoms with Gasteiger partial charge in [0.1, 0.15) is 0 Å². The molecule has 2 aliphatic rings. The quantitative estimate of drug-likeness (QED) is 0.664. The number of aliphatic carboxylic acids is 1. The molecule has 160 valence electrons. The van der Waals surface area contributed by atoms with Crippen molar-refractivity contribution in [1.82, 2.24) is 8.61 Å². The van der Waals surface area contributed by atoms with Gasteiger partial charge in [-0.05, 0) is 59.7 Å². The maximum absolute atomic E-state index is 13.6. The fourth-order valence-electron chi connectivity index (χ4n) is 4.51. The number of carboxylic acids is 1. The summed E-state index contributed by atoms with van der Waals surface area (Å²) in [6.45, 7) is 7.53. The Bertz CT molecular complexity index is 992. The highest BCUT2D eigenvalue weighted by atomic mass is 32.2. The first kappa shape index (κ1) is 21.3. The molecule has 4 nitrogen and oxygen atoms in total. The first-order chi connectivity index (χ1) is 14.1. The predicted molar refractivity (Wildman–Crippen MR) is 115 cm³/mol. The van der Waals surface area contributed by atoms with Crippen molar-refractivity contribution in [2.45, 2.75) is 52.6 Å². The van der Waals surface area contributed by atoms with Crippen LogP contribution in [0, 0.1) is 20.8 Å². The van der Waals surface area contributed by atoms with E-state index < -0.39 is 11.9 Å². The van der Waals surface area contributed by atoms with Gasteiger partial charge in [-0.3, -0.25) is 4.79 Å². The number of hydrogen-bond donors (Lipinski definition) is 1. The Morgan fingerprint density at radius 2 is 1.70 bits per heavy atom. The van der Waals surface area contributed by atoms with E-state index in [1.807, 2.05) is 38.1 Å². The Morgan fingerprint density at radius 1 is 1.07 bits per heavy atom. The van der Waals surface area contributed by atoms with Crippen molar-refractivity contribution in [1.29, 1.82) is 0 Å². The van der Waals surface area contributed by atoms with Gasteiger partial charge < -0.3 is 5.11 Å². The molecule has 0 atom stereocenters. The molecule has 0 bridgehead atoms. The number of aryl methyl sites for hydroxylation is 1. The molecule has 0 aromatic heterocycles. The average molecular weight is 433 g/mol. The molecule has 1 fully saturated rings. The van der Waals surface area contributed by atoms with Gasteiger partial charge >= 0.3 is 5.97 Å². The van der Waals surface area contributed by atoms with E-state index in [1.165, 1.54) is 17.7 Å². The fourth-order valence-corrected chi connectivity index (χ4v) is 5.63. The third-order valence-electron chi connectivity index (χ3n) is 6.10. The van der Waals surface area contributed by atoms with Gasteiger partial charge in [0.05, 0.1) is 13.0 Å². The van der Waals surface area contributed by atoms with Crippen molar-refractivity contribution in [3.8, 4) is 11.1 Å². The second kappa shape index (κ2) is 7.94. The summed E-state index contributed by atoms with van der Waals surface area (Å²) in [7, 11) is 0. The zero-order valence-electron chi connectivity index (χ0n) is 17.5. The molecule has 4 rings (SSSR count). The van der Waals surface area contributed by atoms with Crippen molar-refractivity contribution < 1.29 is 18.7 Å². The predicted octanol–water partition coefficient (Wildman–Crippen LogP) is 5.13. The van der Waals surface area contributed by atoms with Crippen LogP contribution in [0.1, 0.15) is 39.8 Å². The van der Waals surface area contributed by atoms with Gasteiger partial charge in [-0.25, -0.2) is 17.4 Å².